The highest BCUT2D eigenvalue weighted by Gasteiger charge is 2.16. The lowest BCUT2D eigenvalue weighted by Gasteiger charge is -2.10. The van der Waals surface area contributed by atoms with Crippen molar-refractivity contribution in [3.63, 3.8) is 0 Å². The Morgan fingerprint density at radius 3 is 2.79 bits per heavy atom. The van der Waals surface area contributed by atoms with Gasteiger partial charge in [0.15, 0.2) is 5.16 Å². The van der Waals surface area contributed by atoms with Crippen LogP contribution in [0.4, 0.5) is 0 Å². The SMILES string of the molecule is C=CCn1c(=O)c2ccccc2n2c(SCCOc3ccc(Cl)cc3Cl)nnc12. The van der Waals surface area contributed by atoms with E-state index in [-0.39, 0.29) is 5.56 Å². The summed E-state index contributed by atoms with van der Waals surface area (Å²) in [5.41, 5.74) is 0.652. The summed E-state index contributed by atoms with van der Waals surface area (Å²) in [5.74, 6) is 1.68. The number of fused-ring (bicyclic) bond motifs is 3. The Kier molecular flexibility index (Phi) is 5.80. The molecule has 0 aliphatic heterocycles. The van der Waals surface area contributed by atoms with Gasteiger partial charge in [-0.25, -0.2) is 0 Å². The highest BCUT2D eigenvalue weighted by Crippen LogP contribution is 2.28. The first-order valence-electron chi connectivity index (χ1n) is 8.78. The fraction of sp³-hybridized carbons (Fsp3) is 0.150. The van der Waals surface area contributed by atoms with Crippen LogP contribution < -0.4 is 10.3 Å². The summed E-state index contributed by atoms with van der Waals surface area (Å²) < 4.78 is 9.19. The number of aromatic nitrogens is 4. The molecular formula is C20H16Cl2N4O2S. The Morgan fingerprint density at radius 1 is 1.17 bits per heavy atom. The minimum atomic E-state index is -0.113. The van der Waals surface area contributed by atoms with Gasteiger partial charge in [-0.1, -0.05) is 53.2 Å². The van der Waals surface area contributed by atoms with Gasteiger partial charge >= 0.3 is 0 Å². The molecule has 29 heavy (non-hydrogen) atoms. The summed E-state index contributed by atoms with van der Waals surface area (Å²) >= 11 is 13.5. The van der Waals surface area contributed by atoms with Gasteiger partial charge in [0.25, 0.3) is 5.56 Å². The van der Waals surface area contributed by atoms with E-state index in [4.69, 9.17) is 27.9 Å². The van der Waals surface area contributed by atoms with Gasteiger partial charge in [-0.15, -0.1) is 16.8 Å². The zero-order chi connectivity index (χ0) is 20.4. The average Bonchev–Trinajstić information content (AvgIpc) is 3.14. The molecule has 4 rings (SSSR count). The first-order chi connectivity index (χ1) is 14.1. The first-order valence-corrected chi connectivity index (χ1v) is 10.5. The number of para-hydroxylation sites is 1. The summed E-state index contributed by atoms with van der Waals surface area (Å²) in [7, 11) is 0. The minimum Gasteiger partial charge on any atom is -0.491 e. The lowest BCUT2D eigenvalue weighted by Crippen LogP contribution is -2.22. The molecule has 0 saturated heterocycles. The minimum absolute atomic E-state index is 0.113. The molecule has 0 radical (unpaired) electrons. The van der Waals surface area contributed by atoms with Gasteiger partial charge in [0.1, 0.15) is 5.75 Å². The molecule has 0 aliphatic carbocycles. The Labute approximate surface area is 180 Å². The van der Waals surface area contributed by atoms with Crippen molar-refractivity contribution in [3.05, 3.63) is 75.5 Å². The fourth-order valence-electron chi connectivity index (χ4n) is 3.00. The molecule has 0 N–H and O–H groups in total. The lowest BCUT2D eigenvalue weighted by molar-refractivity contribution is 0.344. The molecule has 0 saturated carbocycles. The number of halogens is 2. The Bertz CT molecular complexity index is 1270. The van der Waals surface area contributed by atoms with Gasteiger partial charge in [0.05, 0.1) is 22.5 Å². The molecule has 0 bridgehead atoms. The Hall–Kier alpha value is -2.48. The van der Waals surface area contributed by atoms with Crippen molar-refractivity contribution in [1.29, 1.82) is 0 Å². The van der Waals surface area contributed by atoms with E-state index in [9.17, 15) is 4.79 Å². The molecular weight excluding hydrogens is 431 g/mol. The average molecular weight is 447 g/mol. The number of hydrogen-bond acceptors (Lipinski definition) is 5. The molecule has 148 valence electrons. The van der Waals surface area contributed by atoms with Crippen molar-refractivity contribution in [2.45, 2.75) is 11.7 Å². The third-order valence-corrected chi connectivity index (χ3v) is 5.68. The van der Waals surface area contributed by atoms with Gasteiger partial charge in [0, 0.05) is 17.3 Å². The molecule has 0 amide bonds. The molecule has 0 unspecified atom stereocenters. The summed E-state index contributed by atoms with van der Waals surface area (Å²) in [6.07, 6.45) is 1.67. The topological polar surface area (TPSA) is 61.4 Å². The van der Waals surface area contributed by atoms with E-state index in [0.717, 1.165) is 5.52 Å². The van der Waals surface area contributed by atoms with Crippen molar-refractivity contribution in [2.24, 2.45) is 0 Å². The van der Waals surface area contributed by atoms with Crippen molar-refractivity contribution >= 4 is 51.6 Å². The maximum atomic E-state index is 12.8. The van der Waals surface area contributed by atoms with Crippen molar-refractivity contribution in [2.75, 3.05) is 12.4 Å². The van der Waals surface area contributed by atoms with Crippen molar-refractivity contribution < 1.29 is 4.74 Å². The summed E-state index contributed by atoms with van der Waals surface area (Å²) in [6, 6.07) is 12.5. The zero-order valence-corrected chi connectivity index (χ0v) is 17.5. The molecule has 9 heteroatoms. The predicted molar refractivity (Wildman–Crippen MR) is 118 cm³/mol. The number of benzene rings is 2. The van der Waals surface area contributed by atoms with Gasteiger partial charge < -0.3 is 4.74 Å². The second kappa shape index (κ2) is 8.49. The van der Waals surface area contributed by atoms with Crippen molar-refractivity contribution in [3.8, 4) is 5.75 Å². The molecule has 2 heterocycles. The van der Waals surface area contributed by atoms with Gasteiger partial charge in [-0.05, 0) is 30.3 Å². The number of allylic oxidation sites excluding steroid dienone is 1. The van der Waals surface area contributed by atoms with E-state index in [1.54, 1.807) is 34.9 Å². The summed E-state index contributed by atoms with van der Waals surface area (Å²) in [6.45, 7) is 4.51. The predicted octanol–water partition coefficient (Wildman–Crippen LogP) is 4.71. The Balaban J connectivity index is 1.61. The molecule has 6 nitrogen and oxygen atoms in total. The normalized spacial score (nSPS) is 11.2. The highest BCUT2D eigenvalue weighted by atomic mass is 35.5. The molecule has 2 aromatic heterocycles. The molecule has 4 aromatic rings. The number of thioether (sulfide) groups is 1. The van der Waals surface area contributed by atoms with E-state index < -0.39 is 0 Å². The summed E-state index contributed by atoms with van der Waals surface area (Å²) in [4.78, 5) is 12.8. The Morgan fingerprint density at radius 2 is 2.00 bits per heavy atom. The van der Waals surface area contributed by atoms with E-state index in [1.807, 2.05) is 22.6 Å². The largest absolute Gasteiger partial charge is 0.491 e. The van der Waals surface area contributed by atoms with Crippen LogP contribution in [0.1, 0.15) is 0 Å². The van der Waals surface area contributed by atoms with E-state index in [1.165, 1.54) is 11.8 Å². The van der Waals surface area contributed by atoms with Crippen LogP contribution >= 0.6 is 35.0 Å². The first kappa shape index (κ1) is 19.8. The maximum absolute atomic E-state index is 12.8. The molecule has 0 aliphatic rings. The molecule has 0 spiro atoms. The zero-order valence-electron chi connectivity index (χ0n) is 15.2. The van der Waals surface area contributed by atoms with Crippen LogP contribution in [0.25, 0.3) is 16.7 Å². The van der Waals surface area contributed by atoms with E-state index >= 15 is 0 Å². The highest BCUT2D eigenvalue weighted by molar-refractivity contribution is 7.99. The molecule has 0 atom stereocenters. The monoisotopic (exact) mass is 446 g/mol. The van der Waals surface area contributed by atoms with Gasteiger partial charge in [-0.2, -0.15) is 0 Å². The van der Waals surface area contributed by atoms with E-state index in [0.29, 0.717) is 51.0 Å². The van der Waals surface area contributed by atoms with Crippen LogP contribution in [-0.2, 0) is 6.54 Å². The molecule has 0 fully saturated rings. The van der Waals surface area contributed by atoms with Gasteiger partial charge in [-0.3, -0.25) is 13.8 Å². The van der Waals surface area contributed by atoms with E-state index in [2.05, 4.69) is 16.8 Å². The van der Waals surface area contributed by atoms with Crippen LogP contribution in [0, 0.1) is 0 Å². The third-order valence-electron chi connectivity index (χ3n) is 4.26. The second-order valence-electron chi connectivity index (χ2n) is 6.11. The second-order valence-corrected chi connectivity index (χ2v) is 8.02. The molecule has 2 aromatic carbocycles. The lowest BCUT2D eigenvalue weighted by atomic mass is 10.2. The smallest absolute Gasteiger partial charge is 0.263 e. The van der Waals surface area contributed by atoms with Crippen LogP contribution in [0.5, 0.6) is 5.75 Å². The number of rotatable bonds is 7. The number of nitrogens with zero attached hydrogens (tertiary/aromatic N) is 4. The number of ether oxygens (including phenoxy) is 1. The standard InChI is InChI=1S/C20H16Cl2N4O2S/c1-2-9-25-18(27)14-5-3-4-6-16(14)26-19(25)23-24-20(26)29-11-10-28-17-8-7-13(21)12-15(17)22/h2-8,12H,1,9-11H2. The van der Waals surface area contributed by atoms with Gasteiger partial charge in [0.2, 0.25) is 5.78 Å². The van der Waals surface area contributed by atoms with Crippen LogP contribution in [-0.4, -0.2) is 31.5 Å². The van der Waals surface area contributed by atoms with Crippen LogP contribution in [0.3, 0.4) is 0 Å². The summed E-state index contributed by atoms with van der Waals surface area (Å²) in [5, 5.41) is 10.8. The maximum Gasteiger partial charge on any atom is 0.263 e. The number of hydrogen-bond donors (Lipinski definition) is 0. The van der Waals surface area contributed by atoms with Crippen molar-refractivity contribution in [1.82, 2.24) is 19.2 Å². The fourth-order valence-corrected chi connectivity index (χ4v) is 4.22. The van der Waals surface area contributed by atoms with Crippen LogP contribution in [0.15, 0.2) is 65.1 Å². The third kappa shape index (κ3) is 3.85. The quantitative estimate of drug-likeness (QED) is 0.233. The van der Waals surface area contributed by atoms with Crippen LogP contribution in [0.2, 0.25) is 10.0 Å².